The van der Waals surface area contributed by atoms with Crippen LogP contribution < -0.4 is 5.32 Å². The summed E-state index contributed by atoms with van der Waals surface area (Å²) < 4.78 is 29.6. The minimum absolute atomic E-state index is 0.139. The summed E-state index contributed by atoms with van der Waals surface area (Å²) in [6.45, 7) is 0.230. The van der Waals surface area contributed by atoms with Crippen LogP contribution in [0.4, 0.5) is 8.78 Å². The first kappa shape index (κ1) is 18.1. The van der Waals surface area contributed by atoms with Gasteiger partial charge in [-0.05, 0) is 37.9 Å². The molecule has 1 heterocycles. The van der Waals surface area contributed by atoms with Crippen LogP contribution in [0.25, 0.3) is 10.9 Å². The first-order chi connectivity index (χ1) is 12.4. The van der Waals surface area contributed by atoms with Gasteiger partial charge in [0.2, 0.25) is 0 Å². The summed E-state index contributed by atoms with van der Waals surface area (Å²) >= 11 is 0. The lowest BCUT2D eigenvalue weighted by molar-refractivity contribution is 0.0933. The van der Waals surface area contributed by atoms with Gasteiger partial charge in [0.25, 0.3) is 5.91 Å². The summed E-state index contributed by atoms with van der Waals surface area (Å²) in [4.78, 5) is 14.3. The van der Waals surface area contributed by atoms with E-state index in [9.17, 15) is 13.6 Å². The van der Waals surface area contributed by atoms with Crippen molar-refractivity contribution in [2.45, 2.75) is 6.04 Å². The lowest BCUT2D eigenvalue weighted by Gasteiger charge is -2.24. The number of para-hydroxylation sites is 1. The minimum Gasteiger partial charge on any atom is -0.350 e. The first-order valence-electron chi connectivity index (χ1n) is 8.32. The molecule has 0 radical (unpaired) electrons. The average molecular weight is 357 g/mol. The summed E-state index contributed by atoms with van der Waals surface area (Å²) in [7, 11) is 5.77. The molecule has 0 saturated heterocycles. The van der Waals surface area contributed by atoms with Gasteiger partial charge >= 0.3 is 0 Å². The van der Waals surface area contributed by atoms with Crippen molar-refractivity contribution in [1.29, 1.82) is 0 Å². The molecule has 3 aromatic rings. The van der Waals surface area contributed by atoms with Crippen molar-refractivity contribution in [3.8, 4) is 0 Å². The number of rotatable bonds is 5. The Labute approximate surface area is 151 Å². The molecule has 1 aromatic heterocycles. The van der Waals surface area contributed by atoms with Gasteiger partial charge in [0.15, 0.2) is 0 Å². The highest BCUT2D eigenvalue weighted by Gasteiger charge is 2.22. The molecule has 1 unspecified atom stereocenters. The average Bonchev–Trinajstić information content (AvgIpc) is 2.92. The fourth-order valence-corrected chi connectivity index (χ4v) is 3.20. The monoisotopic (exact) mass is 357 g/mol. The number of aryl methyl sites for hydroxylation is 1. The Morgan fingerprint density at radius 3 is 2.42 bits per heavy atom. The molecule has 2 aromatic carbocycles. The predicted molar refractivity (Wildman–Crippen MR) is 98.0 cm³/mol. The summed E-state index contributed by atoms with van der Waals surface area (Å²) in [6, 6.07) is 11.2. The highest BCUT2D eigenvalue weighted by atomic mass is 19.1. The fraction of sp³-hybridized carbons (Fsp3) is 0.250. The molecule has 0 aliphatic rings. The summed E-state index contributed by atoms with van der Waals surface area (Å²) in [5, 5.41) is 3.75. The summed E-state index contributed by atoms with van der Waals surface area (Å²) in [5.41, 5.74) is 1.58. The zero-order valence-electron chi connectivity index (χ0n) is 15.0. The molecule has 0 aliphatic carbocycles. The van der Waals surface area contributed by atoms with Crippen molar-refractivity contribution in [1.82, 2.24) is 14.8 Å². The van der Waals surface area contributed by atoms with Crippen LogP contribution in [-0.4, -0.2) is 36.0 Å². The highest BCUT2D eigenvalue weighted by Crippen LogP contribution is 2.28. The van der Waals surface area contributed by atoms with E-state index >= 15 is 0 Å². The van der Waals surface area contributed by atoms with E-state index in [-0.39, 0.29) is 12.6 Å². The number of nitrogens with one attached hydrogen (secondary N) is 1. The van der Waals surface area contributed by atoms with Gasteiger partial charge in [0.05, 0.1) is 6.04 Å². The van der Waals surface area contributed by atoms with Gasteiger partial charge in [-0.25, -0.2) is 8.78 Å². The standard InChI is InChI=1S/C20H21F2N3O/c1-24(2)18(14-12-25(3)17-10-5-4-7-13(14)17)11-23-20(26)19-15(21)8-6-9-16(19)22/h4-10,12,18H,11H2,1-3H3,(H,23,26). The Balaban J connectivity index is 1.87. The lowest BCUT2D eigenvalue weighted by atomic mass is 10.0. The molecule has 0 fully saturated rings. The number of amides is 1. The Bertz CT molecular complexity index is 929. The Kier molecular flexibility index (Phi) is 5.04. The SMILES string of the molecule is CN(C)C(CNC(=O)c1c(F)cccc1F)c1cn(C)c2ccccc12. The summed E-state index contributed by atoms with van der Waals surface area (Å²) in [5.74, 6) is -2.49. The number of hydrogen-bond donors (Lipinski definition) is 1. The van der Waals surface area contributed by atoms with Crippen molar-refractivity contribution in [3.63, 3.8) is 0 Å². The van der Waals surface area contributed by atoms with Crippen LogP contribution in [0.1, 0.15) is 22.0 Å². The zero-order chi connectivity index (χ0) is 18.8. The van der Waals surface area contributed by atoms with Gasteiger partial charge < -0.3 is 14.8 Å². The van der Waals surface area contributed by atoms with E-state index in [0.717, 1.165) is 28.6 Å². The first-order valence-corrected chi connectivity index (χ1v) is 8.32. The van der Waals surface area contributed by atoms with E-state index < -0.39 is 23.1 Å². The van der Waals surface area contributed by atoms with E-state index in [0.29, 0.717) is 0 Å². The molecule has 0 spiro atoms. The van der Waals surface area contributed by atoms with Crippen molar-refractivity contribution in [2.24, 2.45) is 7.05 Å². The predicted octanol–water partition coefficient (Wildman–Crippen LogP) is 3.49. The van der Waals surface area contributed by atoms with E-state index in [1.165, 1.54) is 6.07 Å². The number of likely N-dealkylation sites (N-methyl/N-ethyl adjacent to an activating group) is 1. The molecular formula is C20H21F2N3O. The second kappa shape index (κ2) is 7.25. The molecule has 0 aliphatic heterocycles. The van der Waals surface area contributed by atoms with Gasteiger partial charge in [-0.1, -0.05) is 24.3 Å². The van der Waals surface area contributed by atoms with Crippen molar-refractivity contribution in [2.75, 3.05) is 20.6 Å². The second-order valence-corrected chi connectivity index (χ2v) is 6.50. The van der Waals surface area contributed by atoms with Gasteiger partial charge in [-0.3, -0.25) is 4.79 Å². The Morgan fingerprint density at radius 2 is 1.77 bits per heavy atom. The van der Waals surface area contributed by atoms with Crippen LogP contribution in [0.2, 0.25) is 0 Å². The Hall–Kier alpha value is -2.73. The number of carbonyl (C=O) groups excluding carboxylic acids is 1. The largest absolute Gasteiger partial charge is 0.350 e. The fourth-order valence-electron chi connectivity index (χ4n) is 3.20. The molecule has 1 N–H and O–H groups in total. The molecule has 0 bridgehead atoms. The number of hydrogen-bond acceptors (Lipinski definition) is 2. The van der Waals surface area contributed by atoms with Gasteiger partial charge in [-0.2, -0.15) is 0 Å². The van der Waals surface area contributed by atoms with Crippen LogP contribution in [0.3, 0.4) is 0 Å². The van der Waals surface area contributed by atoms with E-state index in [2.05, 4.69) is 5.32 Å². The van der Waals surface area contributed by atoms with Gasteiger partial charge in [0, 0.05) is 30.7 Å². The lowest BCUT2D eigenvalue weighted by Crippen LogP contribution is -2.35. The topological polar surface area (TPSA) is 37.3 Å². The van der Waals surface area contributed by atoms with E-state index in [1.54, 1.807) is 0 Å². The molecule has 26 heavy (non-hydrogen) atoms. The maximum Gasteiger partial charge on any atom is 0.257 e. The van der Waals surface area contributed by atoms with Gasteiger partial charge in [0.1, 0.15) is 17.2 Å². The van der Waals surface area contributed by atoms with Crippen LogP contribution >= 0.6 is 0 Å². The maximum absolute atomic E-state index is 13.8. The maximum atomic E-state index is 13.8. The van der Waals surface area contributed by atoms with Crippen molar-refractivity contribution < 1.29 is 13.6 Å². The number of aromatic nitrogens is 1. The third-order valence-electron chi connectivity index (χ3n) is 4.56. The number of carbonyl (C=O) groups is 1. The van der Waals surface area contributed by atoms with Crippen LogP contribution in [0.15, 0.2) is 48.7 Å². The molecule has 4 nitrogen and oxygen atoms in total. The number of fused-ring (bicyclic) bond motifs is 1. The van der Waals surface area contributed by atoms with Gasteiger partial charge in [-0.15, -0.1) is 0 Å². The number of halogens is 2. The smallest absolute Gasteiger partial charge is 0.257 e. The molecule has 1 atom stereocenters. The molecule has 6 heteroatoms. The third kappa shape index (κ3) is 3.32. The van der Waals surface area contributed by atoms with Crippen molar-refractivity contribution >= 4 is 16.8 Å². The third-order valence-corrected chi connectivity index (χ3v) is 4.56. The highest BCUT2D eigenvalue weighted by molar-refractivity contribution is 5.94. The number of benzene rings is 2. The van der Waals surface area contributed by atoms with Crippen molar-refractivity contribution in [3.05, 3.63) is 71.4 Å². The molecule has 0 saturated carbocycles. The van der Waals surface area contributed by atoms with E-state index in [4.69, 9.17) is 0 Å². The quantitative estimate of drug-likeness (QED) is 0.759. The normalized spacial score (nSPS) is 12.5. The second-order valence-electron chi connectivity index (χ2n) is 6.50. The zero-order valence-corrected chi connectivity index (χ0v) is 15.0. The molecule has 3 rings (SSSR count). The molecular weight excluding hydrogens is 336 g/mol. The van der Waals surface area contributed by atoms with Crippen LogP contribution in [-0.2, 0) is 7.05 Å². The van der Waals surface area contributed by atoms with E-state index in [1.807, 2.05) is 61.1 Å². The minimum atomic E-state index is -0.867. The number of nitrogens with zero attached hydrogens (tertiary/aromatic N) is 2. The Morgan fingerprint density at radius 1 is 1.12 bits per heavy atom. The molecule has 136 valence electrons. The van der Waals surface area contributed by atoms with Crippen LogP contribution in [0, 0.1) is 11.6 Å². The molecule has 1 amide bonds. The van der Waals surface area contributed by atoms with Crippen LogP contribution in [0.5, 0.6) is 0 Å². The summed E-state index contributed by atoms with van der Waals surface area (Å²) in [6.07, 6.45) is 2.02.